The number of unbranched alkanes of at least 4 members (excludes halogenated alkanes) is 1. The molecule has 0 aliphatic carbocycles. The number of hydrogen-bond donors (Lipinski definition) is 0. The molecule has 1 saturated heterocycles. The lowest BCUT2D eigenvalue weighted by Crippen LogP contribution is -2.37. The fraction of sp³-hybridized carbons (Fsp3) is 0.571. The Hall–Kier alpha value is -2.37. The maximum atomic E-state index is 13.0. The molecule has 0 atom stereocenters. The van der Waals surface area contributed by atoms with Gasteiger partial charge in [-0.25, -0.2) is 4.98 Å². The van der Waals surface area contributed by atoms with E-state index in [0.29, 0.717) is 37.7 Å². The Balaban J connectivity index is 1.69. The summed E-state index contributed by atoms with van der Waals surface area (Å²) in [5.74, 6) is 0.241. The summed E-state index contributed by atoms with van der Waals surface area (Å²) in [6.45, 7) is 8.97. The van der Waals surface area contributed by atoms with Gasteiger partial charge in [-0.15, -0.1) is 0 Å². The minimum absolute atomic E-state index is 0.0267. The van der Waals surface area contributed by atoms with Crippen molar-refractivity contribution >= 4 is 22.8 Å². The summed E-state index contributed by atoms with van der Waals surface area (Å²) in [7, 11) is 0. The summed E-state index contributed by atoms with van der Waals surface area (Å²) in [6, 6.07) is 6.08. The fourth-order valence-electron chi connectivity index (χ4n) is 3.61. The standard InChI is InChI=1S/C21H30N4O2/c1-4-5-7-20(26)23-10-6-11-24(13-12-23)21(27)17-8-9-19-18(14-17)22-15-25(19)16(2)3/h8-9,14-16H,4-7,10-13H2,1-3H3. The van der Waals surface area contributed by atoms with Crippen LogP contribution in [0.5, 0.6) is 0 Å². The molecule has 0 unspecified atom stereocenters. The molecule has 0 radical (unpaired) electrons. The number of carbonyl (C=O) groups is 2. The Bertz CT molecular complexity index is 812. The molecule has 0 saturated carbocycles. The molecule has 2 heterocycles. The number of hydrogen-bond acceptors (Lipinski definition) is 3. The summed E-state index contributed by atoms with van der Waals surface area (Å²) in [5, 5.41) is 0. The first-order chi connectivity index (χ1) is 13.0. The molecular weight excluding hydrogens is 340 g/mol. The van der Waals surface area contributed by atoms with Crippen molar-refractivity contribution in [1.82, 2.24) is 19.4 Å². The number of rotatable bonds is 5. The maximum Gasteiger partial charge on any atom is 0.253 e. The molecule has 2 amide bonds. The van der Waals surface area contributed by atoms with Crippen molar-refractivity contribution in [2.45, 2.75) is 52.5 Å². The van der Waals surface area contributed by atoms with Gasteiger partial charge >= 0.3 is 0 Å². The number of aromatic nitrogens is 2. The Morgan fingerprint density at radius 2 is 1.85 bits per heavy atom. The van der Waals surface area contributed by atoms with Crippen molar-refractivity contribution in [2.75, 3.05) is 26.2 Å². The quantitative estimate of drug-likeness (QED) is 0.810. The highest BCUT2D eigenvalue weighted by atomic mass is 16.2. The molecule has 27 heavy (non-hydrogen) atoms. The highest BCUT2D eigenvalue weighted by Crippen LogP contribution is 2.20. The van der Waals surface area contributed by atoms with Crippen LogP contribution in [0.2, 0.25) is 0 Å². The maximum absolute atomic E-state index is 13.0. The van der Waals surface area contributed by atoms with Crippen LogP contribution in [-0.4, -0.2) is 57.3 Å². The van der Waals surface area contributed by atoms with E-state index in [2.05, 4.69) is 30.3 Å². The lowest BCUT2D eigenvalue weighted by atomic mass is 10.1. The van der Waals surface area contributed by atoms with E-state index in [0.717, 1.165) is 36.8 Å². The minimum atomic E-state index is 0.0267. The van der Waals surface area contributed by atoms with E-state index in [-0.39, 0.29) is 11.8 Å². The van der Waals surface area contributed by atoms with Gasteiger partial charge in [-0.2, -0.15) is 0 Å². The van der Waals surface area contributed by atoms with E-state index in [1.54, 1.807) is 0 Å². The molecule has 3 rings (SSSR count). The van der Waals surface area contributed by atoms with Crippen molar-refractivity contribution in [3.05, 3.63) is 30.1 Å². The first-order valence-electron chi connectivity index (χ1n) is 10.0. The van der Waals surface area contributed by atoms with E-state index >= 15 is 0 Å². The van der Waals surface area contributed by atoms with Crippen molar-refractivity contribution in [1.29, 1.82) is 0 Å². The summed E-state index contributed by atoms with van der Waals surface area (Å²) in [4.78, 5) is 33.5. The van der Waals surface area contributed by atoms with Crippen LogP contribution < -0.4 is 0 Å². The van der Waals surface area contributed by atoms with E-state index in [1.165, 1.54) is 0 Å². The molecular formula is C21H30N4O2. The summed E-state index contributed by atoms with van der Waals surface area (Å²) < 4.78 is 2.11. The van der Waals surface area contributed by atoms with Gasteiger partial charge in [0.1, 0.15) is 0 Å². The molecule has 0 spiro atoms. The van der Waals surface area contributed by atoms with Gasteiger partial charge in [0.05, 0.1) is 17.4 Å². The molecule has 6 heteroatoms. The van der Waals surface area contributed by atoms with Crippen molar-refractivity contribution in [2.24, 2.45) is 0 Å². The zero-order valence-electron chi connectivity index (χ0n) is 16.6. The third kappa shape index (κ3) is 4.31. The van der Waals surface area contributed by atoms with Crippen molar-refractivity contribution in [3.63, 3.8) is 0 Å². The van der Waals surface area contributed by atoms with Gasteiger partial charge in [-0.05, 0) is 44.9 Å². The Morgan fingerprint density at radius 3 is 2.59 bits per heavy atom. The van der Waals surface area contributed by atoms with Crippen molar-refractivity contribution < 1.29 is 9.59 Å². The molecule has 1 aliphatic heterocycles. The SMILES string of the molecule is CCCCC(=O)N1CCCN(C(=O)c2ccc3c(c2)ncn3C(C)C)CC1. The molecule has 146 valence electrons. The van der Waals surface area contributed by atoms with E-state index in [1.807, 2.05) is 34.3 Å². The second-order valence-electron chi connectivity index (χ2n) is 7.58. The van der Waals surface area contributed by atoms with Gasteiger partial charge < -0.3 is 14.4 Å². The number of imidazole rings is 1. The van der Waals surface area contributed by atoms with Gasteiger partial charge in [-0.3, -0.25) is 9.59 Å². The number of amides is 2. The molecule has 1 aromatic carbocycles. The topological polar surface area (TPSA) is 58.4 Å². The second kappa shape index (κ2) is 8.55. The Kier molecular flexibility index (Phi) is 6.14. The average Bonchev–Trinajstić information content (AvgIpc) is 2.94. The van der Waals surface area contributed by atoms with E-state index in [9.17, 15) is 9.59 Å². The van der Waals surface area contributed by atoms with Crippen LogP contribution in [0.4, 0.5) is 0 Å². The van der Waals surface area contributed by atoms with Crippen LogP contribution in [0.25, 0.3) is 11.0 Å². The predicted molar refractivity (Wildman–Crippen MR) is 107 cm³/mol. The van der Waals surface area contributed by atoms with Crippen LogP contribution in [0, 0.1) is 0 Å². The fourth-order valence-corrected chi connectivity index (χ4v) is 3.61. The third-order valence-corrected chi connectivity index (χ3v) is 5.26. The minimum Gasteiger partial charge on any atom is -0.341 e. The third-order valence-electron chi connectivity index (χ3n) is 5.26. The Labute approximate surface area is 161 Å². The second-order valence-corrected chi connectivity index (χ2v) is 7.58. The molecule has 6 nitrogen and oxygen atoms in total. The first kappa shape index (κ1) is 19.4. The van der Waals surface area contributed by atoms with Crippen LogP contribution in [0.15, 0.2) is 24.5 Å². The Morgan fingerprint density at radius 1 is 1.11 bits per heavy atom. The van der Waals surface area contributed by atoms with Crippen LogP contribution in [0.1, 0.15) is 62.9 Å². The zero-order valence-corrected chi connectivity index (χ0v) is 16.6. The van der Waals surface area contributed by atoms with Gasteiger partial charge in [0, 0.05) is 44.2 Å². The molecule has 1 fully saturated rings. The number of fused-ring (bicyclic) bond motifs is 1. The first-order valence-corrected chi connectivity index (χ1v) is 10.0. The van der Waals surface area contributed by atoms with E-state index in [4.69, 9.17) is 0 Å². The molecule has 2 aromatic rings. The number of nitrogens with zero attached hydrogens (tertiary/aromatic N) is 4. The zero-order chi connectivity index (χ0) is 19.4. The van der Waals surface area contributed by atoms with Crippen LogP contribution in [-0.2, 0) is 4.79 Å². The summed E-state index contributed by atoms with van der Waals surface area (Å²) in [6.07, 6.45) is 5.23. The number of carbonyl (C=O) groups excluding carboxylic acids is 2. The highest BCUT2D eigenvalue weighted by Gasteiger charge is 2.23. The smallest absolute Gasteiger partial charge is 0.253 e. The van der Waals surface area contributed by atoms with Crippen LogP contribution >= 0.6 is 0 Å². The number of benzene rings is 1. The highest BCUT2D eigenvalue weighted by molar-refractivity contribution is 5.97. The average molecular weight is 370 g/mol. The van der Waals surface area contributed by atoms with E-state index < -0.39 is 0 Å². The lowest BCUT2D eigenvalue weighted by molar-refractivity contribution is -0.131. The molecule has 0 bridgehead atoms. The van der Waals surface area contributed by atoms with Gasteiger partial charge in [-0.1, -0.05) is 13.3 Å². The van der Waals surface area contributed by atoms with Crippen LogP contribution in [0.3, 0.4) is 0 Å². The predicted octanol–water partition coefficient (Wildman–Crippen LogP) is 3.48. The van der Waals surface area contributed by atoms with Gasteiger partial charge in [0.25, 0.3) is 5.91 Å². The van der Waals surface area contributed by atoms with Crippen molar-refractivity contribution in [3.8, 4) is 0 Å². The molecule has 0 N–H and O–H groups in total. The van der Waals surface area contributed by atoms with Gasteiger partial charge in [0.2, 0.25) is 5.91 Å². The monoisotopic (exact) mass is 370 g/mol. The summed E-state index contributed by atoms with van der Waals surface area (Å²) in [5.41, 5.74) is 2.56. The normalized spacial score (nSPS) is 15.4. The lowest BCUT2D eigenvalue weighted by Gasteiger charge is -2.22. The largest absolute Gasteiger partial charge is 0.341 e. The molecule has 1 aromatic heterocycles. The van der Waals surface area contributed by atoms with Gasteiger partial charge in [0.15, 0.2) is 0 Å². The summed E-state index contributed by atoms with van der Waals surface area (Å²) >= 11 is 0. The molecule has 1 aliphatic rings.